The third kappa shape index (κ3) is 3.86. The number of anilines is 1. The third-order valence-electron chi connectivity index (χ3n) is 5.08. The summed E-state index contributed by atoms with van der Waals surface area (Å²) in [6.45, 7) is 0. The van der Waals surface area contributed by atoms with Gasteiger partial charge in [-0.3, -0.25) is 9.48 Å². The first-order valence-electron chi connectivity index (χ1n) is 9.06. The van der Waals surface area contributed by atoms with Gasteiger partial charge < -0.3 is 14.6 Å². The summed E-state index contributed by atoms with van der Waals surface area (Å²) in [5.74, 6) is 1.80. The summed E-state index contributed by atoms with van der Waals surface area (Å²) < 4.78 is 9.06. The smallest absolute Gasteiger partial charge is 0.229 e. The van der Waals surface area contributed by atoms with Crippen molar-refractivity contribution in [2.24, 2.45) is 7.05 Å². The number of amides is 1. The van der Waals surface area contributed by atoms with Crippen LogP contribution in [0, 0.1) is 0 Å². The molecule has 2 heterocycles. The van der Waals surface area contributed by atoms with E-state index in [1.54, 1.807) is 13.4 Å². The zero-order valence-electron chi connectivity index (χ0n) is 15.5. The molecule has 0 unspecified atom stereocenters. The van der Waals surface area contributed by atoms with Crippen LogP contribution >= 0.6 is 0 Å². The molecule has 1 amide bonds. The maximum Gasteiger partial charge on any atom is 0.229 e. The molecule has 0 saturated heterocycles. The van der Waals surface area contributed by atoms with Gasteiger partial charge in [0.15, 0.2) is 5.82 Å². The van der Waals surface area contributed by atoms with Crippen LogP contribution in [0.3, 0.4) is 0 Å². The summed E-state index contributed by atoms with van der Waals surface area (Å²) >= 11 is 0. The van der Waals surface area contributed by atoms with E-state index in [4.69, 9.17) is 4.74 Å². The molecule has 1 aliphatic rings. The van der Waals surface area contributed by atoms with Gasteiger partial charge >= 0.3 is 0 Å². The Balaban J connectivity index is 1.29. The predicted molar refractivity (Wildman–Crippen MR) is 102 cm³/mol. The monoisotopic (exact) mass is 365 g/mol. The molecule has 7 heteroatoms. The first kappa shape index (κ1) is 17.3. The first-order valence-corrected chi connectivity index (χ1v) is 9.06. The number of carbonyl (C=O) groups is 1. The number of hydrogen-bond donors (Lipinski definition) is 1. The maximum absolute atomic E-state index is 12.2. The van der Waals surface area contributed by atoms with E-state index >= 15 is 0 Å². The molecule has 7 nitrogen and oxygen atoms in total. The van der Waals surface area contributed by atoms with E-state index in [9.17, 15) is 4.79 Å². The number of rotatable bonds is 6. The summed E-state index contributed by atoms with van der Waals surface area (Å²) in [5.41, 5.74) is 2.09. The topological polar surface area (TPSA) is 74.0 Å². The highest BCUT2D eigenvalue weighted by atomic mass is 16.5. The highest BCUT2D eigenvalue weighted by Gasteiger charge is 2.33. The molecule has 4 rings (SSSR count). The Kier molecular flexibility index (Phi) is 4.66. The van der Waals surface area contributed by atoms with Crippen molar-refractivity contribution in [2.75, 3.05) is 12.4 Å². The number of carbonyl (C=O) groups excluding carboxylic acids is 1. The van der Waals surface area contributed by atoms with E-state index in [1.165, 1.54) is 0 Å². The zero-order chi connectivity index (χ0) is 18.8. The molecule has 0 spiro atoms. The lowest BCUT2D eigenvalue weighted by Gasteiger charge is -2.34. The fourth-order valence-electron chi connectivity index (χ4n) is 3.44. The molecule has 27 heavy (non-hydrogen) atoms. The van der Waals surface area contributed by atoms with Crippen LogP contribution < -0.4 is 10.1 Å². The lowest BCUT2D eigenvalue weighted by Crippen LogP contribution is -2.25. The number of imidazole rings is 1. The minimum atomic E-state index is -0.0783. The Bertz CT molecular complexity index is 922. The summed E-state index contributed by atoms with van der Waals surface area (Å²) in [6, 6.07) is 9.99. The third-order valence-corrected chi connectivity index (χ3v) is 5.08. The summed E-state index contributed by atoms with van der Waals surface area (Å²) in [5, 5.41) is 7.35. The summed E-state index contributed by atoms with van der Waals surface area (Å²) in [4.78, 5) is 16.6. The SMILES string of the molecule is COc1ccc(CC(=O)Nc2cn(C3CC(c4ccn(C)n4)C3)cn2)cc1. The number of nitrogens with one attached hydrogen (secondary N) is 1. The molecular weight excluding hydrogens is 342 g/mol. The van der Waals surface area contributed by atoms with Crippen molar-refractivity contribution in [3.8, 4) is 5.75 Å². The van der Waals surface area contributed by atoms with Crippen LogP contribution in [0.2, 0.25) is 0 Å². The molecule has 1 saturated carbocycles. The van der Waals surface area contributed by atoms with E-state index < -0.39 is 0 Å². The van der Waals surface area contributed by atoms with Crippen molar-refractivity contribution in [3.05, 3.63) is 60.3 Å². The molecule has 0 atom stereocenters. The Morgan fingerprint density at radius 2 is 2.04 bits per heavy atom. The van der Waals surface area contributed by atoms with Gasteiger partial charge in [0.25, 0.3) is 0 Å². The Morgan fingerprint density at radius 3 is 2.70 bits per heavy atom. The van der Waals surface area contributed by atoms with Gasteiger partial charge in [-0.05, 0) is 36.6 Å². The molecule has 0 aliphatic heterocycles. The van der Waals surface area contributed by atoms with Gasteiger partial charge in [0.05, 0.1) is 25.6 Å². The number of hydrogen-bond acceptors (Lipinski definition) is 4. The molecule has 1 fully saturated rings. The van der Waals surface area contributed by atoms with Crippen LogP contribution in [-0.4, -0.2) is 32.3 Å². The van der Waals surface area contributed by atoms with Crippen LogP contribution in [-0.2, 0) is 18.3 Å². The fourth-order valence-corrected chi connectivity index (χ4v) is 3.44. The van der Waals surface area contributed by atoms with Crippen LogP contribution in [0.25, 0.3) is 0 Å². The standard InChI is InChI=1S/C20H23N5O2/c1-24-8-7-18(23-24)15-10-16(11-15)25-12-19(21-13-25)22-20(26)9-14-3-5-17(27-2)6-4-14/h3-8,12-13,15-16H,9-11H2,1-2H3,(H,22,26). The molecule has 1 N–H and O–H groups in total. The minimum absolute atomic E-state index is 0.0783. The van der Waals surface area contributed by atoms with Crippen LogP contribution in [0.4, 0.5) is 5.82 Å². The fraction of sp³-hybridized carbons (Fsp3) is 0.350. The van der Waals surface area contributed by atoms with E-state index in [-0.39, 0.29) is 5.91 Å². The second-order valence-corrected chi connectivity index (χ2v) is 7.02. The zero-order valence-corrected chi connectivity index (χ0v) is 15.5. The number of methoxy groups -OCH3 is 1. The van der Waals surface area contributed by atoms with Gasteiger partial charge in [0, 0.05) is 31.4 Å². The summed E-state index contributed by atoms with van der Waals surface area (Å²) in [7, 11) is 3.56. The Morgan fingerprint density at radius 1 is 1.26 bits per heavy atom. The van der Waals surface area contributed by atoms with E-state index in [0.29, 0.717) is 24.2 Å². The van der Waals surface area contributed by atoms with Gasteiger partial charge in [0.2, 0.25) is 5.91 Å². The van der Waals surface area contributed by atoms with Crippen molar-refractivity contribution < 1.29 is 9.53 Å². The van der Waals surface area contributed by atoms with Crippen molar-refractivity contribution in [1.82, 2.24) is 19.3 Å². The van der Waals surface area contributed by atoms with Gasteiger partial charge in [-0.2, -0.15) is 5.10 Å². The second-order valence-electron chi connectivity index (χ2n) is 7.02. The van der Waals surface area contributed by atoms with Crippen LogP contribution in [0.5, 0.6) is 5.75 Å². The van der Waals surface area contributed by atoms with Crippen LogP contribution in [0.1, 0.15) is 36.1 Å². The van der Waals surface area contributed by atoms with Gasteiger partial charge in [-0.1, -0.05) is 12.1 Å². The van der Waals surface area contributed by atoms with Gasteiger partial charge in [0.1, 0.15) is 5.75 Å². The van der Waals surface area contributed by atoms with E-state index in [2.05, 4.69) is 26.0 Å². The molecule has 1 aliphatic carbocycles. The number of aromatic nitrogens is 4. The number of ether oxygens (including phenoxy) is 1. The van der Waals surface area contributed by atoms with Gasteiger partial charge in [-0.15, -0.1) is 0 Å². The van der Waals surface area contributed by atoms with Crippen molar-refractivity contribution in [2.45, 2.75) is 31.2 Å². The minimum Gasteiger partial charge on any atom is -0.497 e. The molecule has 3 aromatic rings. The van der Waals surface area contributed by atoms with E-state index in [0.717, 1.165) is 29.8 Å². The number of benzene rings is 1. The summed E-state index contributed by atoms with van der Waals surface area (Å²) in [6.07, 6.45) is 8.09. The quantitative estimate of drug-likeness (QED) is 0.729. The second kappa shape index (κ2) is 7.26. The van der Waals surface area contributed by atoms with Crippen LogP contribution in [0.15, 0.2) is 49.1 Å². The van der Waals surface area contributed by atoms with Crippen molar-refractivity contribution in [3.63, 3.8) is 0 Å². The maximum atomic E-state index is 12.2. The average Bonchev–Trinajstić information content (AvgIpc) is 3.24. The molecule has 1 aromatic carbocycles. The number of aryl methyl sites for hydroxylation is 1. The van der Waals surface area contributed by atoms with E-state index in [1.807, 2.05) is 48.4 Å². The molecular formula is C20H23N5O2. The lowest BCUT2D eigenvalue weighted by molar-refractivity contribution is -0.115. The first-order chi connectivity index (χ1) is 13.1. The lowest BCUT2D eigenvalue weighted by atomic mass is 9.78. The molecule has 0 radical (unpaired) electrons. The Labute approximate surface area is 158 Å². The molecule has 0 bridgehead atoms. The van der Waals surface area contributed by atoms with Gasteiger partial charge in [-0.25, -0.2) is 4.98 Å². The Hall–Kier alpha value is -3.09. The molecule has 2 aromatic heterocycles. The average molecular weight is 365 g/mol. The molecule has 140 valence electrons. The highest BCUT2D eigenvalue weighted by Crippen LogP contribution is 2.44. The van der Waals surface area contributed by atoms with Crippen molar-refractivity contribution >= 4 is 11.7 Å². The highest BCUT2D eigenvalue weighted by molar-refractivity contribution is 5.91. The largest absolute Gasteiger partial charge is 0.497 e. The number of nitrogens with zero attached hydrogens (tertiary/aromatic N) is 4. The predicted octanol–water partition coefficient (Wildman–Crippen LogP) is 2.93. The van der Waals surface area contributed by atoms with Crippen molar-refractivity contribution in [1.29, 1.82) is 0 Å². The normalized spacial score (nSPS) is 18.7.